The third kappa shape index (κ3) is 2.22. The van der Waals surface area contributed by atoms with E-state index in [1.165, 1.54) is 7.11 Å². The molecule has 0 aromatic heterocycles. The van der Waals surface area contributed by atoms with Crippen molar-refractivity contribution in [3.8, 4) is 0 Å². The molecule has 0 N–H and O–H groups in total. The molecule has 0 radical (unpaired) electrons. The highest BCUT2D eigenvalue weighted by Crippen LogP contribution is 2.19. The number of hydrogen-bond acceptors (Lipinski definition) is 4. The molecule has 1 fully saturated rings. The molecule has 1 atom stereocenters. The van der Waals surface area contributed by atoms with Crippen molar-refractivity contribution in [2.75, 3.05) is 13.7 Å². The van der Waals surface area contributed by atoms with E-state index in [0.717, 1.165) is 6.42 Å². The van der Waals surface area contributed by atoms with Crippen molar-refractivity contribution in [3.63, 3.8) is 0 Å². The van der Waals surface area contributed by atoms with Crippen molar-refractivity contribution < 1.29 is 19.1 Å². The van der Waals surface area contributed by atoms with Gasteiger partial charge in [0.15, 0.2) is 0 Å². The molecule has 0 bridgehead atoms. The van der Waals surface area contributed by atoms with Gasteiger partial charge in [-0.15, -0.1) is 0 Å². The Bertz CT molecular complexity index is 187. The highest BCUT2D eigenvalue weighted by atomic mass is 16.5. The molecule has 4 nitrogen and oxygen atoms in total. The fraction of sp³-hybridized carbons (Fsp3) is 0.750. The topological polar surface area (TPSA) is 52.6 Å². The summed E-state index contributed by atoms with van der Waals surface area (Å²) in [6.07, 6.45) is 1.58. The van der Waals surface area contributed by atoms with Crippen LogP contribution in [0.4, 0.5) is 0 Å². The fourth-order valence-electron chi connectivity index (χ4n) is 1.19. The predicted octanol–water partition coefficient (Wildman–Crippen LogP) is 0.503. The van der Waals surface area contributed by atoms with E-state index in [9.17, 15) is 9.59 Å². The first-order valence-corrected chi connectivity index (χ1v) is 3.97. The van der Waals surface area contributed by atoms with Crippen LogP contribution in [0.5, 0.6) is 0 Å². The quantitative estimate of drug-likeness (QED) is 0.582. The van der Waals surface area contributed by atoms with Crippen LogP contribution in [-0.4, -0.2) is 25.7 Å². The largest absolute Gasteiger partial charge is 0.469 e. The van der Waals surface area contributed by atoms with Gasteiger partial charge in [-0.05, 0) is 12.8 Å². The number of hydrogen-bond donors (Lipinski definition) is 0. The molecule has 1 unspecified atom stereocenters. The van der Waals surface area contributed by atoms with Gasteiger partial charge in [0.1, 0.15) is 0 Å². The number of ether oxygens (including phenoxy) is 2. The summed E-state index contributed by atoms with van der Waals surface area (Å²) in [6.45, 7) is 0.491. The Kier molecular flexibility index (Phi) is 3.08. The minimum Gasteiger partial charge on any atom is -0.469 e. The first-order chi connectivity index (χ1) is 5.74. The molecule has 1 saturated heterocycles. The van der Waals surface area contributed by atoms with E-state index in [1.54, 1.807) is 0 Å². The van der Waals surface area contributed by atoms with Gasteiger partial charge >= 0.3 is 11.9 Å². The molecule has 68 valence electrons. The molecular weight excluding hydrogens is 160 g/mol. The van der Waals surface area contributed by atoms with Crippen LogP contribution < -0.4 is 0 Å². The Morgan fingerprint density at radius 2 is 2.50 bits per heavy atom. The highest BCUT2D eigenvalue weighted by molar-refractivity contribution is 5.75. The normalized spacial score (nSPS) is 22.1. The summed E-state index contributed by atoms with van der Waals surface area (Å²) >= 11 is 0. The lowest BCUT2D eigenvalue weighted by atomic mass is 10.0. The van der Waals surface area contributed by atoms with E-state index in [1.807, 2.05) is 0 Å². The van der Waals surface area contributed by atoms with E-state index in [2.05, 4.69) is 4.74 Å². The van der Waals surface area contributed by atoms with Crippen molar-refractivity contribution >= 4 is 11.9 Å². The molecule has 0 aromatic rings. The van der Waals surface area contributed by atoms with Crippen LogP contribution in [0.25, 0.3) is 0 Å². The number of esters is 2. The van der Waals surface area contributed by atoms with Gasteiger partial charge in [-0.3, -0.25) is 9.59 Å². The molecule has 0 spiro atoms. The van der Waals surface area contributed by atoms with Gasteiger partial charge in [0, 0.05) is 6.42 Å². The SMILES string of the molecule is COC(=O)CCC1CCOC1=O. The molecule has 12 heavy (non-hydrogen) atoms. The van der Waals surface area contributed by atoms with Crippen LogP contribution in [0.3, 0.4) is 0 Å². The molecule has 1 rings (SSSR count). The first kappa shape index (κ1) is 9.03. The average molecular weight is 172 g/mol. The standard InChI is InChI=1S/C8H12O4/c1-11-7(9)3-2-6-4-5-12-8(6)10/h6H,2-5H2,1H3. The molecule has 4 heteroatoms. The number of rotatable bonds is 3. The van der Waals surface area contributed by atoms with Crippen molar-refractivity contribution in [2.24, 2.45) is 5.92 Å². The van der Waals surface area contributed by atoms with Gasteiger partial charge < -0.3 is 9.47 Å². The third-order valence-corrected chi connectivity index (χ3v) is 1.97. The Morgan fingerprint density at radius 1 is 1.75 bits per heavy atom. The van der Waals surface area contributed by atoms with Gasteiger partial charge in [-0.2, -0.15) is 0 Å². The summed E-state index contributed by atoms with van der Waals surface area (Å²) in [5.41, 5.74) is 0. The summed E-state index contributed by atoms with van der Waals surface area (Å²) in [6, 6.07) is 0. The number of carbonyl (C=O) groups excluding carboxylic acids is 2. The fourth-order valence-corrected chi connectivity index (χ4v) is 1.19. The molecule has 0 aromatic carbocycles. The minimum atomic E-state index is -0.269. The van der Waals surface area contributed by atoms with Crippen molar-refractivity contribution in [1.29, 1.82) is 0 Å². The lowest BCUT2D eigenvalue weighted by Crippen LogP contribution is -2.10. The molecule has 0 aliphatic carbocycles. The summed E-state index contributed by atoms with van der Waals surface area (Å²) in [4.78, 5) is 21.6. The first-order valence-electron chi connectivity index (χ1n) is 3.97. The Morgan fingerprint density at radius 3 is 3.00 bits per heavy atom. The number of cyclic esters (lactones) is 1. The Hall–Kier alpha value is -1.06. The molecular formula is C8H12O4. The van der Waals surface area contributed by atoms with E-state index < -0.39 is 0 Å². The van der Waals surface area contributed by atoms with Crippen LogP contribution in [0.1, 0.15) is 19.3 Å². The number of carbonyl (C=O) groups is 2. The molecule has 1 heterocycles. The van der Waals surface area contributed by atoms with Crippen molar-refractivity contribution in [1.82, 2.24) is 0 Å². The summed E-state index contributed by atoms with van der Waals surface area (Å²) in [7, 11) is 1.34. The lowest BCUT2D eigenvalue weighted by molar-refractivity contribution is -0.143. The minimum absolute atomic E-state index is 0.0934. The Labute approximate surface area is 70.8 Å². The van der Waals surface area contributed by atoms with Gasteiger partial charge in [-0.25, -0.2) is 0 Å². The smallest absolute Gasteiger partial charge is 0.309 e. The maximum Gasteiger partial charge on any atom is 0.309 e. The van der Waals surface area contributed by atoms with Crippen molar-refractivity contribution in [2.45, 2.75) is 19.3 Å². The molecule has 0 amide bonds. The van der Waals surface area contributed by atoms with Gasteiger partial charge in [-0.1, -0.05) is 0 Å². The van der Waals surface area contributed by atoms with E-state index in [0.29, 0.717) is 19.4 Å². The van der Waals surface area contributed by atoms with E-state index in [-0.39, 0.29) is 17.9 Å². The van der Waals surface area contributed by atoms with Gasteiger partial charge in [0.05, 0.1) is 19.6 Å². The van der Waals surface area contributed by atoms with Crippen LogP contribution in [0, 0.1) is 5.92 Å². The zero-order valence-corrected chi connectivity index (χ0v) is 7.04. The summed E-state index contributed by atoms with van der Waals surface area (Å²) in [5, 5.41) is 0. The third-order valence-electron chi connectivity index (χ3n) is 1.97. The van der Waals surface area contributed by atoms with Crippen LogP contribution in [0.2, 0.25) is 0 Å². The van der Waals surface area contributed by atoms with Crippen LogP contribution in [0.15, 0.2) is 0 Å². The van der Waals surface area contributed by atoms with Crippen LogP contribution >= 0.6 is 0 Å². The summed E-state index contributed by atoms with van der Waals surface area (Å²) in [5.74, 6) is -0.544. The second-order valence-corrected chi connectivity index (χ2v) is 2.77. The van der Waals surface area contributed by atoms with E-state index >= 15 is 0 Å². The zero-order valence-electron chi connectivity index (χ0n) is 7.04. The number of methoxy groups -OCH3 is 1. The summed E-state index contributed by atoms with van der Waals surface area (Å²) < 4.78 is 9.19. The second kappa shape index (κ2) is 4.09. The molecule has 1 aliphatic rings. The predicted molar refractivity (Wildman–Crippen MR) is 40.3 cm³/mol. The second-order valence-electron chi connectivity index (χ2n) is 2.77. The average Bonchev–Trinajstić information content (AvgIpc) is 2.47. The highest BCUT2D eigenvalue weighted by Gasteiger charge is 2.26. The molecule has 0 saturated carbocycles. The maximum atomic E-state index is 10.9. The van der Waals surface area contributed by atoms with E-state index in [4.69, 9.17) is 4.74 Å². The monoisotopic (exact) mass is 172 g/mol. The maximum absolute atomic E-state index is 10.9. The Balaban J connectivity index is 2.22. The van der Waals surface area contributed by atoms with Gasteiger partial charge in [0.25, 0.3) is 0 Å². The van der Waals surface area contributed by atoms with Crippen molar-refractivity contribution in [3.05, 3.63) is 0 Å². The van der Waals surface area contributed by atoms with Gasteiger partial charge in [0.2, 0.25) is 0 Å². The zero-order chi connectivity index (χ0) is 8.97. The lowest BCUT2D eigenvalue weighted by Gasteiger charge is -2.02. The molecule has 1 aliphatic heterocycles. The van der Waals surface area contributed by atoms with Crippen LogP contribution in [-0.2, 0) is 19.1 Å².